The van der Waals surface area contributed by atoms with Crippen LogP contribution in [-0.4, -0.2) is 31.0 Å². The van der Waals surface area contributed by atoms with Gasteiger partial charge in [-0.25, -0.2) is 0 Å². The van der Waals surface area contributed by atoms with Crippen LogP contribution in [0.4, 0.5) is 0 Å². The van der Waals surface area contributed by atoms with Crippen LogP contribution in [0.5, 0.6) is 5.75 Å². The van der Waals surface area contributed by atoms with E-state index in [1.54, 1.807) is 24.3 Å². The van der Waals surface area contributed by atoms with E-state index in [2.05, 4.69) is 27.7 Å². The summed E-state index contributed by atoms with van der Waals surface area (Å²) in [6, 6.07) is 14.7. The van der Waals surface area contributed by atoms with Crippen LogP contribution in [0.25, 0.3) is 0 Å². The van der Waals surface area contributed by atoms with E-state index in [0.717, 1.165) is 12.0 Å². The first-order valence-corrected chi connectivity index (χ1v) is 12.0. The van der Waals surface area contributed by atoms with Crippen LogP contribution >= 0.6 is 0 Å². The summed E-state index contributed by atoms with van der Waals surface area (Å²) in [7, 11) is -3.55. The third-order valence-corrected chi connectivity index (χ3v) is 6.39. The molecule has 0 aliphatic carbocycles. The van der Waals surface area contributed by atoms with Gasteiger partial charge in [-0.1, -0.05) is 52.0 Å². The van der Waals surface area contributed by atoms with Gasteiger partial charge in [0.15, 0.2) is 0 Å². The van der Waals surface area contributed by atoms with Gasteiger partial charge in [-0.05, 0) is 61.1 Å². The molecule has 0 spiro atoms. The molecule has 1 atom stereocenters. The average Bonchev–Trinajstić information content (AvgIpc) is 2.71. The molecule has 2 aromatic carbocycles. The SMILES string of the molecule is CCC(C)N(Cc1ccc(OS(=O)(=O)CC)cc1)C(=O)c1ccc(C(C)(C)C)cc1. The number of amides is 1. The molecule has 0 aliphatic heterocycles. The lowest BCUT2D eigenvalue weighted by Gasteiger charge is -2.29. The summed E-state index contributed by atoms with van der Waals surface area (Å²) in [4.78, 5) is 15.1. The molecule has 1 amide bonds. The molecular formula is C24H33NO4S. The van der Waals surface area contributed by atoms with E-state index in [4.69, 9.17) is 4.18 Å². The molecule has 2 rings (SSSR count). The third kappa shape index (κ3) is 6.33. The topological polar surface area (TPSA) is 63.7 Å². The van der Waals surface area contributed by atoms with Gasteiger partial charge in [0.1, 0.15) is 5.75 Å². The van der Waals surface area contributed by atoms with Crippen molar-refractivity contribution in [1.29, 1.82) is 0 Å². The average molecular weight is 432 g/mol. The van der Waals surface area contributed by atoms with Crippen LogP contribution in [0, 0.1) is 0 Å². The number of rotatable bonds is 8. The Hall–Kier alpha value is -2.34. The molecule has 0 saturated carbocycles. The van der Waals surface area contributed by atoms with Crippen LogP contribution in [0.2, 0.25) is 0 Å². The molecule has 0 N–H and O–H groups in total. The zero-order valence-electron chi connectivity index (χ0n) is 18.8. The summed E-state index contributed by atoms with van der Waals surface area (Å²) in [6.45, 7) is 12.5. The second kappa shape index (κ2) is 9.65. The van der Waals surface area contributed by atoms with E-state index in [-0.39, 0.29) is 28.9 Å². The van der Waals surface area contributed by atoms with Gasteiger partial charge in [-0.2, -0.15) is 8.42 Å². The van der Waals surface area contributed by atoms with Gasteiger partial charge in [0, 0.05) is 18.2 Å². The molecule has 0 aliphatic rings. The maximum Gasteiger partial charge on any atom is 0.308 e. The van der Waals surface area contributed by atoms with Crippen molar-refractivity contribution in [2.45, 2.75) is 66.0 Å². The fraction of sp³-hybridized carbons (Fsp3) is 0.458. The monoisotopic (exact) mass is 431 g/mol. The highest BCUT2D eigenvalue weighted by atomic mass is 32.2. The number of carbonyl (C=O) groups is 1. The standard InChI is InChI=1S/C24H33NO4S/c1-7-18(3)25(23(26)20-11-13-21(14-12-20)24(4,5)6)17-19-9-15-22(16-10-19)29-30(27,28)8-2/h9-16,18H,7-8,17H2,1-6H3. The van der Waals surface area contributed by atoms with Gasteiger partial charge in [-0.15, -0.1) is 0 Å². The van der Waals surface area contributed by atoms with Crippen LogP contribution in [0.1, 0.15) is 69.4 Å². The first-order valence-electron chi connectivity index (χ1n) is 10.4. The van der Waals surface area contributed by atoms with Crippen molar-refractivity contribution >= 4 is 16.0 Å². The lowest BCUT2D eigenvalue weighted by atomic mass is 9.86. The summed E-state index contributed by atoms with van der Waals surface area (Å²) in [5.74, 6) is 0.178. The predicted molar refractivity (Wildman–Crippen MR) is 121 cm³/mol. The van der Waals surface area contributed by atoms with Crippen LogP contribution < -0.4 is 4.18 Å². The van der Waals surface area contributed by atoms with Gasteiger partial charge in [0.25, 0.3) is 5.91 Å². The summed E-state index contributed by atoms with van der Waals surface area (Å²) >= 11 is 0. The number of carbonyl (C=O) groups excluding carboxylic acids is 1. The third-order valence-electron chi connectivity index (χ3n) is 5.23. The smallest absolute Gasteiger partial charge is 0.308 e. The Morgan fingerprint density at radius 1 is 1.00 bits per heavy atom. The normalized spacial score (nSPS) is 13.0. The quantitative estimate of drug-likeness (QED) is 0.542. The van der Waals surface area contributed by atoms with E-state index < -0.39 is 10.1 Å². The van der Waals surface area contributed by atoms with Gasteiger partial charge in [0.2, 0.25) is 0 Å². The first kappa shape index (κ1) is 23.9. The highest BCUT2D eigenvalue weighted by Crippen LogP contribution is 2.24. The van der Waals surface area contributed by atoms with Crippen LogP contribution in [0.15, 0.2) is 48.5 Å². The Balaban J connectivity index is 2.21. The molecule has 0 saturated heterocycles. The highest BCUT2D eigenvalue weighted by Gasteiger charge is 2.22. The molecule has 6 heteroatoms. The lowest BCUT2D eigenvalue weighted by Crippen LogP contribution is -2.37. The van der Waals surface area contributed by atoms with Crippen molar-refractivity contribution in [2.75, 3.05) is 5.75 Å². The van der Waals surface area contributed by atoms with Gasteiger partial charge in [0.05, 0.1) is 5.75 Å². The number of hydrogen-bond acceptors (Lipinski definition) is 4. The minimum absolute atomic E-state index is 0.0151. The molecule has 30 heavy (non-hydrogen) atoms. The van der Waals surface area contributed by atoms with E-state index in [9.17, 15) is 13.2 Å². The number of nitrogens with zero attached hydrogens (tertiary/aromatic N) is 1. The summed E-state index contributed by atoms with van der Waals surface area (Å²) in [5.41, 5.74) is 2.80. The highest BCUT2D eigenvalue weighted by molar-refractivity contribution is 7.87. The van der Waals surface area contributed by atoms with E-state index in [1.807, 2.05) is 36.1 Å². The molecule has 0 fully saturated rings. The summed E-state index contributed by atoms with van der Waals surface area (Å²) < 4.78 is 28.3. The van der Waals surface area contributed by atoms with Gasteiger partial charge < -0.3 is 9.08 Å². The largest absolute Gasteiger partial charge is 0.382 e. The molecule has 164 valence electrons. The maximum atomic E-state index is 13.2. The molecule has 0 bridgehead atoms. The fourth-order valence-corrected chi connectivity index (χ4v) is 3.50. The van der Waals surface area contributed by atoms with Crippen molar-refractivity contribution in [3.8, 4) is 5.75 Å². The van der Waals surface area contributed by atoms with Crippen molar-refractivity contribution in [3.05, 3.63) is 65.2 Å². The van der Waals surface area contributed by atoms with Gasteiger partial charge >= 0.3 is 10.1 Å². The zero-order chi connectivity index (χ0) is 22.5. The molecule has 0 heterocycles. The lowest BCUT2D eigenvalue weighted by molar-refractivity contribution is 0.0671. The molecular weight excluding hydrogens is 398 g/mol. The first-order chi connectivity index (χ1) is 14.0. The molecule has 2 aromatic rings. The minimum Gasteiger partial charge on any atom is -0.382 e. The molecule has 0 radical (unpaired) electrons. The van der Waals surface area contributed by atoms with Crippen LogP contribution in [-0.2, 0) is 22.1 Å². The van der Waals surface area contributed by atoms with Crippen molar-refractivity contribution < 1.29 is 17.4 Å². The molecule has 5 nitrogen and oxygen atoms in total. The second-order valence-electron chi connectivity index (χ2n) is 8.59. The number of benzene rings is 2. The Kier molecular flexibility index (Phi) is 7.70. The maximum absolute atomic E-state index is 13.2. The molecule has 0 aromatic heterocycles. The zero-order valence-corrected chi connectivity index (χ0v) is 19.6. The van der Waals surface area contributed by atoms with E-state index in [0.29, 0.717) is 12.1 Å². The van der Waals surface area contributed by atoms with Crippen molar-refractivity contribution in [2.24, 2.45) is 0 Å². The predicted octanol–water partition coefficient (Wildman–Crippen LogP) is 5.15. The number of hydrogen-bond donors (Lipinski definition) is 0. The van der Waals surface area contributed by atoms with E-state index in [1.165, 1.54) is 12.5 Å². The fourth-order valence-electron chi connectivity index (χ4n) is 2.98. The summed E-state index contributed by atoms with van der Waals surface area (Å²) in [5, 5.41) is 0. The Labute approximate surface area is 181 Å². The van der Waals surface area contributed by atoms with Crippen molar-refractivity contribution in [1.82, 2.24) is 4.90 Å². The minimum atomic E-state index is -3.55. The van der Waals surface area contributed by atoms with Crippen LogP contribution in [0.3, 0.4) is 0 Å². The Bertz CT molecular complexity index is 942. The van der Waals surface area contributed by atoms with E-state index >= 15 is 0 Å². The Morgan fingerprint density at radius 2 is 1.57 bits per heavy atom. The molecule has 1 unspecified atom stereocenters. The summed E-state index contributed by atoms with van der Waals surface area (Å²) in [6.07, 6.45) is 0.835. The Morgan fingerprint density at radius 3 is 2.03 bits per heavy atom. The second-order valence-corrected chi connectivity index (χ2v) is 10.5. The van der Waals surface area contributed by atoms with Crippen molar-refractivity contribution in [3.63, 3.8) is 0 Å². The van der Waals surface area contributed by atoms with Gasteiger partial charge in [-0.3, -0.25) is 4.79 Å².